The SMILES string of the molecule is CC(=O)OC(=O)C(F)(F)F.CC(C)(C)OC(=O)OC(=O)OC(C)(C)C.CC(C)(C)OC(=O)n1cc(CCN)c2ccccc21.CC(C)(C)OC(=O)n1cc(CCNC(=O)C(F)(F)F)c2ccccc21.CO.NCCC1=CCc2ccccc21.O.O=C(NCCC1=CCc2ccccc21)C(F)(F)F.O=CO[O-].[H-].[K+].[K+]. The minimum absolute atomic E-state index is 0. The molecule has 0 saturated heterocycles. The van der Waals surface area contributed by atoms with Crippen LogP contribution in [0.5, 0.6) is 0 Å². The zero-order valence-corrected chi connectivity index (χ0v) is 69.3. The van der Waals surface area contributed by atoms with Crippen molar-refractivity contribution in [3.8, 4) is 0 Å². The van der Waals surface area contributed by atoms with E-state index in [4.69, 9.17) is 45.6 Å². The maximum absolute atomic E-state index is 12.3. The van der Waals surface area contributed by atoms with E-state index in [1.165, 1.54) is 33.0 Å². The van der Waals surface area contributed by atoms with Crippen molar-refractivity contribution >= 4 is 87.7 Å². The molecular weight excluding hydrogens is 1500 g/mol. The van der Waals surface area contributed by atoms with Crippen LogP contribution in [0.4, 0.5) is 58.7 Å². The summed E-state index contributed by atoms with van der Waals surface area (Å²) in [4.78, 5) is 98.8. The molecule has 0 bridgehead atoms. The molecule has 36 heteroatoms. The molecule has 8 rings (SSSR count). The van der Waals surface area contributed by atoms with Gasteiger partial charge in [-0.1, -0.05) is 97.1 Å². The van der Waals surface area contributed by atoms with E-state index in [9.17, 15) is 77.9 Å². The summed E-state index contributed by atoms with van der Waals surface area (Å²) >= 11 is 0. The molecule has 2 aliphatic carbocycles. The van der Waals surface area contributed by atoms with Gasteiger partial charge in [-0.3, -0.25) is 28.3 Å². The third-order valence-corrected chi connectivity index (χ3v) is 12.8. The number of ether oxygens (including phenoxy) is 6. The van der Waals surface area contributed by atoms with Gasteiger partial charge in [-0.15, -0.1) is 0 Å². The Balaban J connectivity index is -0.000000605. The molecule has 0 unspecified atom stereocenters. The van der Waals surface area contributed by atoms with Crippen molar-refractivity contribution in [1.82, 2.24) is 19.8 Å². The number of rotatable bonds is 11. The predicted molar refractivity (Wildman–Crippen MR) is 373 cm³/mol. The van der Waals surface area contributed by atoms with Gasteiger partial charge in [-0.25, -0.2) is 24.0 Å². The Morgan fingerprint density at radius 2 is 0.824 bits per heavy atom. The third-order valence-electron chi connectivity index (χ3n) is 12.8. The first kappa shape index (κ1) is 105. The molecule has 0 atom stereocenters. The largest absolute Gasteiger partial charge is 1.00 e. The van der Waals surface area contributed by atoms with Crippen LogP contribution in [0.1, 0.15) is 138 Å². The number of fused-ring (bicyclic) bond motifs is 4. The summed E-state index contributed by atoms with van der Waals surface area (Å²) in [7, 11) is 1.00. The molecule has 6 aromatic rings. The number of hydrogen-bond donors (Lipinski definition) is 5. The Morgan fingerprint density at radius 1 is 0.500 bits per heavy atom. The molecule has 4 aromatic carbocycles. The summed E-state index contributed by atoms with van der Waals surface area (Å²) in [6.45, 7) is 22.5. The fourth-order valence-corrected chi connectivity index (χ4v) is 8.94. The van der Waals surface area contributed by atoms with E-state index in [1.54, 1.807) is 91.1 Å². The van der Waals surface area contributed by atoms with E-state index in [0.29, 0.717) is 31.0 Å². The molecule has 2 heterocycles. The molecule has 2 amide bonds. The van der Waals surface area contributed by atoms with E-state index in [2.05, 4.69) is 44.7 Å². The second kappa shape index (κ2) is 49.4. The summed E-state index contributed by atoms with van der Waals surface area (Å²) in [5, 5.41) is 20.9. The molecule has 0 spiro atoms. The topological polar surface area (TPSA) is 379 Å². The summed E-state index contributed by atoms with van der Waals surface area (Å²) in [5.41, 5.74) is 19.2. The monoisotopic (exact) mass is 1590 g/mol. The first-order valence-electron chi connectivity index (χ1n) is 32.0. The third kappa shape index (κ3) is 41.2. The van der Waals surface area contributed by atoms with Crippen LogP contribution in [-0.2, 0) is 83.0 Å². The molecule has 108 heavy (non-hydrogen) atoms. The number of aromatic nitrogens is 2. The Labute approximate surface area is 705 Å². The molecule has 0 radical (unpaired) electrons. The Hall–Kier alpha value is -6.89. The van der Waals surface area contributed by atoms with Crippen LogP contribution in [0.2, 0.25) is 0 Å². The number of para-hydroxylation sites is 2. The molecule has 0 aliphatic heterocycles. The zero-order chi connectivity index (χ0) is 80.5. The number of aliphatic hydroxyl groups excluding tert-OH is 1. The molecule has 25 nitrogen and oxygen atoms in total. The van der Waals surface area contributed by atoms with Gasteiger partial charge >= 0.3 is 170 Å². The van der Waals surface area contributed by atoms with Gasteiger partial charge in [-0.2, -0.15) is 39.5 Å². The van der Waals surface area contributed by atoms with Gasteiger partial charge < -0.3 is 72.7 Å². The number of amides is 2. The number of nitrogens with zero attached hydrogens (tertiary/aromatic N) is 2. The van der Waals surface area contributed by atoms with Crippen molar-refractivity contribution in [3.05, 3.63) is 155 Å². The van der Waals surface area contributed by atoms with Crippen molar-refractivity contribution in [2.24, 2.45) is 11.5 Å². The van der Waals surface area contributed by atoms with E-state index in [1.807, 2.05) is 92.2 Å². The van der Waals surface area contributed by atoms with Crippen LogP contribution >= 0.6 is 0 Å². The van der Waals surface area contributed by atoms with Crippen molar-refractivity contribution in [1.29, 1.82) is 0 Å². The first-order chi connectivity index (χ1) is 48.6. The number of carbonyl (C=O) groups excluding carboxylic acids is 9. The van der Waals surface area contributed by atoms with Crippen LogP contribution in [0, 0.1) is 0 Å². The van der Waals surface area contributed by atoms with Gasteiger partial charge in [0.05, 0.1) is 11.0 Å². The zero-order valence-electron chi connectivity index (χ0n) is 64.0. The maximum atomic E-state index is 12.3. The van der Waals surface area contributed by atoms with Gasteiger partial charge in [0.1, 0.15) is 22.4 Å². The fraction of sp³-hybridized carbons (Fsp3) is 0.431. The second-order valence-corrected chi connectivity index (χ2v) is 25.9. The smallest absolute Gasteiger partial charge is 1.00 e. The van der Waals surface area contributed by atoms with Crippen LogP contribution < -0.4 is 130 Å². The number of nitrogens with one attached hydrogen (secondary N) is 2. The number of aliphatic hydroxyl groups is 1. The van der Waals surface area contributed by atoms with Gasteiger partial charge in [0, 0.05) is 50.3 Å². The van der Waals surface area contributed by atoms with Gasteiger partial charge in [0.25, 0.3) is 6.47 Å². The van der Waals surface area contributed by atoms with Crippen molar-refractivity contribution in [2.75, 3.05) is 33.3 Å². The Morgan fingerprint density at radius 3 is 1.14 bits per heavy atom. The molecule has 9 N–H and O–H groups in total. The molecule has 2 aliphatic rings. The normalized spacial score (nSPS) is 11.7. The summed E-state index contributed by atoms with van der Waals surface area (Å²) in [6, 6.07) is 31.1. The van der Waals surface area contributed by atoms with E-state index in [0.717, 1.165) is 72.3 Å². The predicted octanol–water partition coefficient (Wildman–Crippen LogP) is 6.09. The van der Waals surface area contributed by atoms with Crippen LogP contribution in [-0.4, -0.2) is 149 Å². The molecule has 0 fully saturated rings. The Kier molecular flexibility index (Phi) is 48.1. The number of esters is 2. The van der Waals surface area contributed by atoms with Crippen molar-refractivity contribution in [2.45, 2.75) is 169 Å². The van der Waals surface area contributed by atoms with Gasteiger partial charge in [0.2, 0.25) is 0 Å². The van der Waals surface area contributed by atoms with Crippen LogP contribution in [0.25, 0.3) is 33.0 Å². The van der Waals surface area contributed by atoms with Crippen molar-refractivity contribution < 1.29 is 236 Å². The number of alkyl halides is 9. The number of hydrogen-bond acceptors (Lipinski definition) is 20. The maximum Gasteiger partial charge on any atom is 1.00 e. The summed E-state index contributed by atoms with van der Waals surface area (Å²) in [5.74, 6) is -7.62. The number of carbonyl (C=O) groups is 9. The minimum atomic E-state index is -5.09. The average Bonchev–Trinajstić information content (AvgIpc) is 1.65. The average molecular weight is 1600 g/mol. The van der Waals surface area contributed by atoms with Crippen LogP contribution in [0.3, 0.4) is 0 Å². The molecule has 590 valence electrons. The number of nitrogens with two attached hydrogens (primary N) is 2. The first-order valence-corrected chi connectivity index (χ1v) is 32.0. The molecular formula is C72H93F9K2N6O19. The summed E-state index contributed by atoms with van der Waals surface area (Å²) < 4.78 is 137. The number of halogens is 9. The molecule has 2 aromatic heterocycles. The van der Waals surface area contributed by atoms with Gasteiger partial charge in [0.15, 0.2) is 0 Å². The number of allylic oxidation sites excluding steroid dienone is 2. The Bertz CT molecular complexity index is 3900. The van der Waals surface area contributed by atoms with E-state index >= 15 is 0 Å². The summed E-state index contributed by atoms with van der Waals surface area (Å²) in [6.07, 6.45) is -6.01. The fourth-order valence-electron chi connectivity index (χ4n) is 8.94. The quantitative estimate of drug-likeness (QED) is 0.0143. The van der Waals surface area contributed by atoms with E-state index in [-0.39, 0.29) is 142 Å². The van der Waals surface area contributed by atoms with Gasteiger partial charge in [-0.05, 0) is 191 Å². The number of benzene rings is 4. The second-order valence-electron chi connectivity index (χ2n) is 25.9. The minimum Gasteiger partial charge on any atom is -1.00 e. The molecule has 0 saturated carbocycles. The van der Waals surface area contributed by atoms with Crippen molar-refractivity contribution in [3.63, 3.8) is 0 Å². The standard InChI is InChI=1S/C17H19F3N2O3.C15H20N2O2.C13H12F3NO.C11H13N.C10H18O5.C4H3F3O3.CH2O3.CH4O.2K.H2O.H/c1-16(2,3)25-15(24)22-10-11(12-6-4-5-7-13(12)22)8-9-21-14(23)17(18,19)20;1-15(2,3)19-14(18)17-10-11(8-9-16)12-6-4-5-7-13(12)17;14-13(15,16)12(18)17-8-7-10-6-5-9-3-1-2-4-11(9)10;12-8-7-10-6-5-9-3-1-2-4-11(9)10;1-9(2,3)14-7(11)13-8(12)15-10(4,5)6;1-2(8)10-3(9)4(5,6)7;2-1-4-3;1-2;;;;/h4-7,10H,8-9H2,1-3H3,(H,21,23);4-7,10H,8-9,16H2,1-3H3;1-4,6H,5,7-8H2,(H,17,18);1-4,6H,5,7-8,12H2;1-6H3;1H3;1,3H;2H,1H3;;;1H2;/q;;;;;;;;2*+1;;-1/p-1. The van der Waals surface area contributed by atoms with E-state index < -0.39 is 83.1 Å². The van der Waals surface area contributed by atoms with Crippen LogP contribution in [0.15, 0.2) is 122 Å².